The number of rotatable bonds is 8. The van der Waals surface area contributed by atoms with E-state index in [0.717, 1.165) is 0 Å². The van der Waals surface area contributed by atoms with E-state index in [-0.39, 0.29) is 36.7 Å². The number of amides is 2. The molecule has 0 saturated heterocycles. The van der Waals surface area contributed by atoms with Gasteiger partial charge in [-0.15, -0.1) is 0 Å². The Bertz CT molecular complexity index is 666. The van der Waals surface area contributed by atoms with Crippen molar-refractivity contribution < 1.29 is 24.4 Å². The van der Waals surface area contributed by atoms with Crippen molar-refractivity contribution in [2.45, 2.75) is 19.3 Å². The standard InChI is InChI=1S/C15H17N3O6/c19-12(17-9-15(6-7-15)14(21)22)5-8-16-13(20)10-1-3-11(4-2-10)18(23)24/h1-4H,5-9H2,(H,16,20)(H,17,19)(H,21,22). The Morgan fingerprint density at radius 2 is 1.79 bits per heavy atom. The first-order chi connectivity index (χ1) is 11.3. The number of carboxylic acids is 1. The third-order valence-corrected chi connectivity index (χ3v) is 3.91. The van der Waals surface area contributed by atoms with Crippen molar-refractivity contribution in [3.8, 4) is 0 Å². The number of aliphatic carboxylic acids is 1. The number of hydrogen-bond acceptors (Lipinski definition) is 5. The molecule has 0 aromatic heterocycles. The number of carbonyl (C=O) groups is 3. The van der Waals surface area contributed by atoms with Crippen LogP contribution in [0, 0.1) is 15.5 Å². The van der Waals surface area contributed by atoms with E-state index < -0.39 is 22.2 Å². The molecular formula is C15H17N3O6. The van der Waals surface area contributed by atoms with Gasteiger partial charge in [0.2, 0.25) is 5.91 Å². The summed E-state index contributed by atoms with van der Waals surface area (Å²) < 4.78 is 0. The van der Waals surface area contributed by atoms with Crippen LogP contribution in [0.25, 0.3) is 0 Å². The van der Waals surface area contributed by atoms with Gasteiger partial charge in [0.25, 0.3) is 11.6 Å². The molecule has 24 heavy (non-hydrogen) atoms. The monoisotopic (exact) mass is 335 g/mol. The molecule has 0 atom stereocenters. The van der Waals surface area contributed by atoms with Crippen LogP contribution in [-0.4, -0.2) is 40.9 Å². The van der Waals surface area contributed by atoms with E-state index in [1.165, 1.54) is 24.3 Å². The van der Waals surface area contributed by atoms with Crippen LogP contribution in [0.4, 0.5) is 5.69 Å². The number of carboxylic acid groups (broad SMARTS) is 1. The van der Waals surface area contributed by atoms with E-state index in [2.05, 4.69) is 10.6 Å². The summed E-state index contributed by atoms with van der Waals surface area (Å²) in [6.07, 6.45) is 1.13. The van der Waals surface area contributed by atoms with Crippen LogP contribution in [0.2, 0.25) is 0 Å². The molecule has 1 aliphatic carbocycles. The van der Waals surface area contributed by atoms with E-state index in [9.17, 15) is 24.5 Å². The maximum Gasteiger partial charge on any atom is 0.311 e. The van der Waals surface area contributed by atoms with Crippen LogP contribution in [-0.2, 0) is 9.59 Å². The fraction of sp³-hybridized carbons (Fsp3) is 0.400. The molecule has 0 bridgehead atoms. The molecule has 9 nitrogen and oxygen atoms in total. The van der Waals surface area contributed by atoms with Gasteiger partial charge in [-0.1, -0.05) is 0 Å². The summed E-state index contributed by atoms with van der Waals surface area (Å²) in [7, 11) is 0. The van der Waals surface area contributed by atoms with Crippen molar-refractivity contribution in [2.75, 3.05) is 13.1 Å². The highest BCUT2D eigenvalue weighted by Gasteiger charge is 2.50. The molecular weight excluding hydrogens is 318 g/mol. The Morgan fingerprint density at radius 1 is 1.17 bits per heavy atom. The number of nitrogens with zero attached hydrogens (tertiary/aromatic N) is 1. The van der Waals surface area contributed by atoms with Crippen molar-refractivity contribution in [3.05, 3.63) is 39.9 Å². The lowest BCUT2D eigenvalue weighted by molar-refractivity contribution is -0.384. The van der Waals surface area contributed by atoms with Crippen molar-refractivity contribution >= 4 is 23.5 Å². The number of nitro groups is 1. The minimum Gasteiger partial charge on any atom is -0.481 e. The molecule has 1 fully saturated rings. The van der Waals surface area contributed by atoms with Gasteiger partial charge in [-0.3, -0.25) is 24.5 Å². The Hall–Kier alpha value is -2.97. The molecule has 0 heterocycles. The zero-order valence-corrected chi connectivity index (χ0v) is 12.8. The zero-order valence-electron chi connectivity index (χ0n) is 12.8. The van der Waals surface area contributed by atoms with Gasteiger partial charge in [-0.2, -0.15) is 0 Å². The van der Waals surface area contributed by atoms with Gasteiger partial charge in [0.05, 0.1) is 10.3 Å². The molecule has 0 spiro atoms. The first kappa shape index (κ1) is 17.4. The van der Waals surface area contributed by atoms with Gasteiger partial charge in [-0.05, 0) is 25.0 Å². The molecule has 3 N–H and O–H groups in total. The molecule has 1 aliphatic rings. The topological polar surface area (TPSA) is 139 Å². The first-order valence-electron chi connectivity index (χ1n) is 7.37. The van der Waals surface area contributed by atoms with E-state index in [0.29, 0.717) is 12.8 Å². The third kappa shape index (κ3) is 4.28. The predicted molar refractivity (Wildman–Crippen MR) is 82.4 cm³/mol. The predicted octanol–water partition coefficient (Wildman–Crippen LogP) is 0.696. The summed E-state index contributed by atoms with van der Waals surface area (Å²) in [4.78, 5) is 44.4. The average Bonchev–Trinajstić information content (AvgIpc) is 3.34. The van der Waals surface area contributed by atoms with E-state index in [1.54, 1.807) is 0 Å². The largest absolute Gasteiger partial charge is 0.481 e. The van der Waals surface area contributed by atoms with Crippen molar-refractivity contribution in [1.29, 1.82) is 0 Å². The lowest BCUT2D eigenvalue weighted by atomic mass is 10.1. The molecule has 1 saturated carbocycles. The van der Waals surface area contributed by atoms with Crippen LogP contribution in [0.15, 0.2) is 24.3 Å². The Kier molecular flexibility index (Phi) is 5.12. The Labute approximate surface area is 137 Å². The fourth-order valence-electron chi connectivity index (χ4n) is 2.10. The number of non-ortho nitro benzene ring substituents is 1. The molecule has 1 aromatic rings. The van der Waals surface area contributed by atoms with Gasteiger partial charge < -0.3 is 15.7 Å². The first-order valence-corrected chi connectivity index (χ1v) is 7.37. The maximum atomic E-state index is 11.8. The van der Waals surface area contributed by atoms with Crippen LogP contribution in [0.5, 0.6) is 0 Å². The molecule has 0 aliphatic heterocycles. The maximum absolute atomic E-state index is 11.8. The fourth-order valence-corrected chi connectivity index (χ4v) is 2.10. The molecule has 1 aromatic carbocycles. The van der Waals surface area contributed by atoms with Gasteiger partial charge >= 0.3 is 5.97 Å². The summed E-state index contributed by atoms with van der Waals surface area (Å²) >= 11 is 0. The average molecular weight is 335 g/mol. The van der Waals surface area contributed by atoms with Gasteiger partial charge in [0.1, 0.15) is 0 Å². The summed E-state index contributed by atoms with van der Waals surface area (Å²) in [6.45, 7) is 0.180. The summed E-state index contributed by atoms with van der Waals surface area (Å²) in [5.41, 5.74) is -0.681. The van der Waals surface area contributed by atoms with Gasteiger partial charge in [-0.25, -0.2) is 0 Å². The summed E-state index contributed by atoms with van der Waals surface area (Å²) in [5, 5.41) is 24.6. The number of nitrogens with one attached hydrogen (secondary N) is 2. The van der Waals surface area contributed by atoms with Crippen molar-refractivity contribution in [3.63, 3.8) is 0 Å². The number of hydrogen-bond donors (Lipinski definition) is 3. The number of nitro benzene ring substituents is 1. The van der Waals surface area contributed by atoms with E-state index in [4.69, 9.17) is 5.11 Å². The van der Waals surface area contributed by atoms with Crippen LogP contribution in [0.3, 0.4) is 0 Å². The molecule has 2 amide bonds. The zero-order chi connectivity index (χ0) is 17.7. The second-order valence-electron chi connectivity index (χ2n) is 5.67. The van der Waals surface area contributed by atoms with Crippen molar-refractivity contribution in [1.82, 2.24) is 10.6 Å². The molecule has 2 rings (SSSR count). The molecule has 0 unspecified atom stereocenters. The second kappa shape index (κ2) is 7.07. The number of carbonyl (C=O) groups excluding carboxylic acids is 2. The van der Waals surface area contributed by atoms with Gasteiger partial charge in [0.15, 0.2) is 0 Å². The van der Waals surface area contributed by atoms with Gasteiger partial charge in [0, 0.05) is 37.2 Å². The minimum absolute atomic E-state index is 0.0222. The third-order valence-electron chi connectivity index (χ3n) is 3.91. The second-order valence-corrected chi connectivity index (χ2v) is 5.67. The minimum atomic E-state index is -0.908. The van der Waals surface area contributed by atoms with Crippen LogP contribution in [0.1, 0.15) is 29.6 Å². The van der Waals surface area contributed by atoms with E-state index in [1.807, 2.05) is 0 Å². The van der Waals surface area contributed by atoms with Crippen molar-refractivity contribution in [2.24, 2.45) is 5.41 Å². The normalized spacial score (nSPS) is 14.5. The smallest absolute Gasteiger partial charge is 0.311 e. The lowest BCUT2D eigenvalue weighted by Crippen LogP contribution is -2.36. The van der Waals surface area contributed by atoms with Crippen LogP contribution >= 0.6 is 0 Å². The molecule has 128 valence electrons. The lowest BCUT2D eigenvalue weighted by Gasteiger charge is -2.11. The highest BCUT2D eigenvalue weighted by atomic mass is 16.6. The highest BCUT2D eigenvalue weighted by molar-refractivity contribution is 5.94. The quantitative estimate of drug-likeness (QED) is 0.472. The summed E-state index contributed by atoms with van der Waals surface area (Å²) in [6, 6.07) is 5.11. The summed E-state index contributed by atoms with van der Waals surface area (Å²) in [5.74, 6) is -1.69. The van der Waals surface area contributed by atoms with Crippen LogP contribution < -0.4 is 10.6 Å². The Morgan fingerprint density at radius 3 is 2.29 bits per heavy atom. The molecule has 9 heteroatoms. The number of benzene rings is 1. The molecule has 0 radical (unpaired) electrons. The van der Waals surface area contributed by atoms with E-state index >= 15 is 0 Å². The Balaban J connectivity index is 1.71. The highest BCUT2D eigenvalue weighted by Crippen LogP contribution is 2.45. The SMILES string of the molecule is O=C(CCNC(=O)c1ccc([N+](=O)[O-])cc1)NCC1(C(=O)O)CC1.